The van der Waals surface area contributed by atoms with Gasteiger partial charge in [-0.3, -0.25) is 0 Å². The quantitative estimate of drug-likeness (QED) is 0.592. The fourth-order valence-corrected chi connectivity index (χ4v) is 1.43. The van der Waals surface area contributed by atoms with Gasteiger partial charge in [-0.1, -0.05) is 18.7 Å². The standard InChI is InChI=1S/C8H8S2/c1-2-6-7(9)4-3-5-8(6)10/h2-5,9-10H,1H2. The van der Waals surface area contributed by atoms with Gasteiger partial charge in [0, 0.05) is 15.4 Å². The van der Waals surface area contributed by atoms with E-state index in [1.807, 2.05) is 18.2 Å². The molecule has 0 saturated heterocycles. The maximum Gasteiger partial charge on any atom is 0.0123 e. The van der Waals surface area contributed by atoms with E-state index in [1.165, 1.54) is 0 Å². The molecule has 0 aromatic heterocycles. The minimum absolute atomic E-state index is 0.919. The van der Waals surface area contributed by atoms with Crippen molar-refractivity contribution in [1.82, 2.24) is 0 Å². The Morgan fingerprint density at radius 3 is 2.00 bits per heavy atom. The summed E-state index contributed by atoms with van der Waals surface area (Å²) in [7, 11) is 0. The van der Waals surface area contributed by atoms with E-state index >= 15 is 0 Å². The average molecular weight is 168 g/mol. The lowest BCUT2D eigenvalue weighted by Crippen LogP contribution is -1.76. The highest BCUT2D eigenvalue weighted by atomic mass is 32.1. The molecule has 1 rings (SSSR count). The zero-order valence-electron chi connectivity index (χ0n) is 5.41. The van der Waals surface area contributed by atoms with E-state index in [2.05, 4.69) is 31.8 Å². The predicted octanol–water partition coefficient (Wildman–Crippen LogP) is 2.91. The Hall–Kier alpha value is -0.340. The topological polar surface area (TPSA) is 0 Å². The smallest absolute Gasteiger partial charge is 0.0123 e. The van der Waals surface area contributed by atoms with Crippen molar-refractivity contribution in [2.45, 2.75) is 9.79 Å². The zero-order chi connectivity index (χ0) is 7.56. The molecule has 0 aliphatic rings. The minimum atomic E-state index is 0.919. The van der Waals surface area contributed by atoms with Gasteiger partial charge in [0.15, 0.2) is 0 Å². The van der Waals surface area contributed by atoms with Crippen LogP contribution in [0.4, 0.5) is 0 Å². The first kappa shape index (κ1) is 7.76. The first-order valence-electron chi connectivity index (χ1n) is 2.89. The Morgan fingerprint density at radius 1 is 1.20 bits per heavy atom. The van der Waals surface area contributed by atoms with Crippen molar-refractivity contribution in [3.63, 3.8) is 0 Å². The molecule has 0 atom stereocenters. The van der Waals surface area contributed by atoms with Crippen LogP contribution in [0.15, 0.2) is 34.6 Å². The highest BCUT2D eigenvalue weighted by molar-refractivity contribution is 7.81. The highest BCUT2D eigenvalue weighted by Gasteiger charge is 1.96. The van der Waals surface area contributed by atoms with Gasteiger partial charge in [0.1, 0.15) is 0 Å². The van der Waals surface area contributed by atoms with Gasteiger partial charge in [0.25, 0.3) is 0 Å². The van der Waals surface area contributed by atoms with E-state index in [-0.39, 0.29) is 0 Å². The lowest BCUT2D eigenvalue weighted by atomic mass is 10.2. The minimum Gasteiger partial charge on any atom is -0.143 e. The summed E-state index contributed by atoms with van der Waals surface area (Å²) in [5.41, 5.74) is 0.995. The van der Waals surface area contributed by atoms with Crippen LogP contribution in [-0.4, -0.2) is 0 Å². The molecular weight excluding hydrogens is 160 g/mol. The Balaban J connectivity index is 3.30. The molecule has 0 amide bonds. The second-order valence-corrected chi connectivity index (χ2v) is 2.88. The Morgan fingerprint density at radius 2 is 1.70 bits per heavy atom. The van der Waals surface area contributed by atoms with Gasteiger partial charge in [-0.15, -0.1) is 25.3 Å². The summed E-state index contributed by atoms with van der Waals surface area (Å²) < 4.78 is 0. The summed E-state index contributed by atoms with van der Waals surface area (Å²) in [5, 5.41) is 0. The molecule has 0 saturated carbocycles. The third kappa shape index (κ3) is 1.39. The molecule has 1 aromatic carbocycles. The third-order valence-electron chi connectivity index (χ3n) is 1.26. The maximum atomic E-state index is 4.23. The number of hydrogen-bond acceptors (Lipinski definition) is 2. The molecule has 0 spiro atoms. The zero-order valence-corrected chi connectivity index (χ0v) is 7.20. The highest BCUT2D eigenvalue weighted by Crippen LogP contribution is 2.21. The van der Waals surface area contributed by atoms with E-state index in [0.29, 0.717) is 0 Å². The molecule has 0 aliphatic heterocycles. The van der Waals surface area contributed by atoms with Crippen LogP contribution in [0.3, 0.4) is 0 Å². The molecule has 0 bridgehead atoms. The Bertz CT molecular complexity index is 233. The first-order valence-corrected chi connectivity index (χ1v) is 3.78. The molecule has 0 N–H and O–H groups in total. The summed E-state index contributed by atoms with van der Waals surface area (Å²) in [5.74, 6) is 0. The van der Waals surface area contributed by atoms with Crippen LogP contribution >= 0.6 is 25.3 Å². The van der Waals surface area contributed by atoms with Crippen molar-refractivity contribution >= 4 is 31.3 Å². The van der Waals surface area contributed by atoms with Crippen LogP contribution in [0.25, 0.3) is 6.08 Å². The van der Waals surface area contributed by atoms with Gasteiger partial charge in [-0.05, 0) is 12.1 Å². The van der Waals surface area contributed by atoms with Crippen LogP contribution in [0.5, 0.6) is 0 Å². The monoisotopic (exact) mass is 168 g/mol. The Labute approximate surface area is 71.8 Å². The van der Waals surface area contributed by atoms with Crippen LogP contribution in [0.2, 0.25) is 0 Å². The summed E-state index contributed by atoms with van der Waals surface area (Å²) in [6, 6.07) is 5.75. The number of rotatable bonds is 1. The number of benzene rings is 1. The number of thiol groups is 2. The van der Waals surface area contributed by atoms with Crippen LogP contribution in [-0.2, 0) is 0 Å². The largest absolute Gasteiger partial charge is 0.143 e. The molecule has 1 aromatic rings. The molecule has 0 fully saturated rings. The van der Waals surface area contributed by atoms with Gasteiger partial charge < -0.3 is 0 Å². The van der Waals surface area contributed by atoms with E-state index < -0.39 is 0 Å². The van der Waals surface area contributed by atoms with Crippen molar-refractivity contribution in [3.05, 3.63) is 30.3 Å². The van der Waals surface area contributed by atoms with Crippen molar-refractivity contribution in [1.29, 1.82) is 0 Å². The molecule has 52 valence electrons. The van der Waals surface area contributed by atoms with Gasteiger partial charge in [-0.2, -0.15) is 0 Å². The summed E-state index contributed by atoms with van der Waals surface area (Å²) in [6.07, 6.45) is 1.75. The second-order valence-electron chi connectivity index (χ2n) is 1.91. The van der Waals surface area contributed by atoms with Gasteiger partial charge >= 0.3 is 0 Å². The van der Waals surface area contributed by atoms with E-state index in [4.69, 9.17) is 0 Å². The summed E-state index contributed by atoms with van der Waals surface area (Å²) in [4.78, 5) is 1.84. The average Bonchev–Trinajstić information content (AvgIpc) is 1.88. The second kappa shape index (κ2) is 3.17. The van der Waals surface area contributed by atoms with Crippen molar-refractivity contribution in [2.24, 2.45) is 0 Å². The summed E-state index contributed by atoms with van der Waals surface area (Å²) in [6.45, 7) is 3.65. The fraction of sp³-hybridized carbons (Fsp3) is 0. The molecule has 0 radical (unpaired) electrons. The molecule has 2 heteroatoms. The molecule has 0 nitrogen and oxygen atoms in total. The van der Waals surface area contributed by atoms with Crippen molar-refractivity contribution in [2.75, 3.05) is 0 Å². The van der Waals surface area contributed by atoms with E-state index in [0.717, 1.165) is 15.4 Å². The first-order chi connectivity index (χ1) is 4.75. The van der Waals surface area contributed by atoms with Gasteiger partial charge in [-0.25, -0.2) is 0 Å². The van der Waals surface area contributed by atoms with Crippen molar-refractivity contribution < 1.29 is 0 Å². The molecule has 0 heterocycles. The molecule has 0 unspecified atom stereocenters. The Kier molecular flexibility index (Phi) is 2.46. The lowest BCUT2D eigenvalue weighted by molar-refractivity contribution is 1.31. The maximum absolute atomic E-state index is 4.23. The van der Waals surface area contributed by atoms with Crippen LogP contribution < -0.4 is 0 Å². The fourth-order valence-electron chi connectivity index (χ4n) is 0.750. The normalized spacial score (nSPS) is 9.40. The third-order valence-corrected chi connectivity index (χ3v) is 2.04. The lowest BCUT2D eigenvalue weighted by Gasteiger charge is -2.00. The van der Waals surface area contributed by atoms with E-state index in [1.54, 1.807) is 6.08 Å². The van der Waals surface area contributed by atoms with Gasteiger partial charge in [0.2, 0.25) is 0 Å². The van der Waals surface area contributed by atoms with Crippen LogP contribution in [0.1, 0.15) is 5.56 Å². The molecular formula is C8H8S2. The van der Waals surface area contributed by atoms with Crippen molar-refractivity contribution in [3.8, 4) is 0 Å². The molecule has 10 heavy (non-hydrogen) atoms. The van der Waals surface area contributed by atoms with E-state index in [9.17, 15) is 0 Å². The SMILES string of the molecule is C=Cc1c(S)cccc1S. The predicted molar refractivity (Wildman–Crippen MR) is 51.0 cm³/mol. The molecule has 0 aliphatic carbocycles. The summed E-state index contributed by atoms with van der Waals surface area (Å²) >= 11 is 8.46. The number of hydrogen-bond donors (Lipinski definition) is 2. The van der Waals surface area contributed by atoms with Crippen LogP contribution in [0, 0.1) is 0 Å². The van der Waals surface area contributed by atoms with Gasteiger partial charge in [0.05, 0.1) is 0 Å².